The zero-order chi connectivity index (χ0) is 17.9. The Morgan fingerprint density at radius 3 is 2.30 bits per heavy atom. The second-order valence-corrected chi connectivity index (χ2v) is 7.34. The van der Waals surface area contributed by atoms with Crippen molar-refractivity contribution >= 4 is 70.3 Å². The number of halogens is 4. The molecule has 23 heavy (non-hydrogen) atoms. The number of ether oxygens (including phenoxy) is 3. The highest BCUT2D eigenvalue weighted by atomic mass is 35.6. The molecule has 130 valence electrons. The van der Waals surface area contributed by atoms with Gasteiger partial charge in [-0.15, -0.1) is 0 Å². The van der Waals surface area contributed by atoms with Gasteiger partial charge in [-0.3, -0.25) is 14.5 Å². The topological polar surface area (TPSA) is 99.2 Å². The normalized spacial score (nSPS) is 22.0. The summed E-state index contributed by atoms with van der Waals surface area (Å²) in [5, 5.41) is 0. The molecule has 1 saturated heterocycles. The number of esters is 1. The van der Waals surface area contributed by atoms with Crippen molar-refractivity contribution in [2.45, 2.75) is 22.3 Å². The Balaban J connectivity index is 2.58. The molecule has 12 heteroatoms. The third-order valence-corrected chi connectivity index (χ3v) is 3.58. The van der Waals surface area contributed by atoms with Crippen molar-refractivity contribution in [1.82, 2.24) is 4.90 Å². The van der Waals surface area contributed by atoms with Crippen LogP contribution in [0, 0.1) is 5.92 Å². The van der Waals surface area contributed by atoms with Crippen molar-refractivity contribution in [2.75, 3.05) is 13.7 Å². The second-order valence-electron chi connectivity index (χ2n) is 4.38. The van der Waals surface area contributed by atoms with Gasteiger partial charge in [0.15, 0.2) is 0 Å². The summed E-state index contributed by atoms with van der Waals surface area (Å²) in [4.78, 5) is 46.4. The molecule has 1 fully saturated rings. The maximum absolute atomic E-state index is 11.9. The van der Waals surface area contributed by atoms with Gasteiger partial charge in [-0.1, -0.05) is 46.4 Å². The van der Waals surface area contributed by atoms with Crippen molar-refractivity contribution in [3.05, 3.63) is 0 Å². The number of rotatable bonds is 3. The van der Waals surface area contributed by atoms with Crippen LogP contribution in [0.5, 0.6) is 0 Å². The van der Waals surface area contributed by atoms with E-state index in [1.165, 1.54) is 6.92 Å². The van der Waals surface area contributed by atoms with Gasteiger partial charge < -0.3 is 14.2 Å². The highest BCUT2D eigenvalue weighted by molar-refractivity contribution is 6.67. The molecule has 0 unspecified atom stereocenters. The molecule has 0 aromatic heterocycles. The van der Waals surface area contributed by atoms with E-state index in [0.717, 1.165) is 7.11 Å². The molecule has 0 aliphatic carbocycles. The Labute approximate surface area is 150 Å². The molecule has 0 N–H and O–H groups in total. The molecular formula is C11H11Cl4NO7. The molecule has 0 spiro atoms. The minimum Gasteiger partial charge on any atom is -0.462 e. The van der Waals surface area contributed by atoms with E-state index in [0.29, 0.717) is 4.90 Å². The summed E-state index contributed by atoms with van der Waals surface area (Å²) >= 11 is 22.1. The Kier molecular flexibility index (Phi) is 6.76. The van der Waals surface area contributed by atoms with Gasteiger partial charge in [0.2, 0.25) is 9.70 Å². The number of nitrogens with zero attached hydrogens (tertiary/aromatic N) is 1. The summed E-state index contributed by atoms with van der Waals surface area (Å²) in [6.45, 7) is 0.799. The number of amides is 2. The van der Waals surface area contributed by atoms with Crippen molar-refractivity contribution in [3.63, 3.8) is 0 Å². The minimum absolute atomic E-state index is 0.505. The smallest absolute Gasteiger partial charge is 0.462 e. The maximum Gasteiger partial charge on any atom is 0.508 e. The van der Waals surface area contributed by atoms with E-state index in [4.69, 9.17) is 51.1 Å². The van der Waals surface area contributed by atoms with Crippen LogP contribution in [0.4, 0.5) is 4.79 Å². The lowest BCUT2D eigenvalue weighted by molar-refractivity contribution is -0.175. The first-order valence-electron chi connectivity index (χ1n) is 5.99. The zero-order valence-corrected chi connectivity index (χ0v) is 14.8. The number of carbonyl (C=O) groups excluding carboxylic acids is 4. The molecule has 0 aromatic carbocycles. The first-order chi connectivity index (χ1) is 10.5. The van der Waals surface area contributed by atoms with E-state index < -0.39 is 51.9 Å². The first-order valence-corrected chi connectivity index (χ1v) is 7.56. The maximum atomic E-state index is 11.9. The molecular weight excluding hydrogens is 400 g/mol. The van der Waals surface area contributed by atoms with E-state index in [2.05, 4.69) is 9.47 Å². The number of β-lactam (4-membered cyclic amide) rings is 1. The van der Waals surface area contributed by atoms with Crippen LogP contribution in [0.3, 0.4) is 0 Å². The van der Waals surface area contributed by atoms with E-state index in [1.807, 2.05) is 0 Å². The highest BCUT2D eigenvalue weighted by Crippen LogP contribution is 2.34. The van der Waals surface area contributed by atoms with Crippen LogP contribution >= 0.6 is 46.4 Å². The number of carbonyl (C=O) groups is 4. The lowest BCUT2D eigenvalue weighted by Crippen LogP contribution is -2.65. The van der Waals surface area contributed by atoms with Gasteiger partial charge in [0.05, 0.1) is 7.11 Å². The number of hydrogen-bond donors (Lipinski definition) is 0. The summed E-state index contributed by atoms with van der Waals surface area (Å²) in [5.41, 5.74) is -1.18. The van der Waals surface area contributed by atoms with Gasteiger partial charge in [0, 0.05) is 0 Å². The van der Waals surface area contributed by atoms with E-state index in [1.54, 1.807) is 0 Å². The molecule has 1 aliphatic rings. The molecule has 0 aromatic rings. The summed E-state index contributed by atoms with van der Waals surface area (Å²) < 4.78 is 11.7. The standard InChI is InChI=1S/C11H11Cl4NO7/c1-4(23-10(20)22-3-11(13,14)15)5-6(12)16(7(5)17)8(18)9(19)21-2/h4-6H,3H2,1-2H3/t4-,5-,6+/m0/s1. The minimum atomic E-state index is -1.81. The van der Waals surface area contributed by atoms with Crippen LogP contribution in [0.15, 0.2) is 0 Å². The quantitative estimate of drug-likeness (QED) is 0.229. The molecule has 0 saturated carbocycles. The number of alkyl halides is 4. The van der Waals surface area contributed by atoms with E-state index >= 15 is 0 Å². The van der Waals surface area contributed by atoms with Gasteiger partial charge in [-0.2, -0.15) is 0 Å². The van der Waals surface area contributed by atoms with Gasteiger partial charge in [-0.25, -0.2) is 9.59 Å². The fourth-order valence-corrected chi connectivity index (χ4v) is 2.36. The van der Waals surface area contributed by atoms with Gasteiger partial charge in [0.1, 0.15) is 24.1 Å². The Hall–Kier alpha value is -0.960. The Morgan fingerprint density at radius 2 is 1.87 bits per heavy atom. The number of hydrogen-bond acceptors (Lipinski definition) is 7. The number of methoxy groups -OCH3 is 1. The van der Waals surface area contributed by atoms with Gasteiger partial charge in [0.25, 0.3) is 0 Å². The van der Waals surface area contributed by atoms with E-state index in [9.17, 15) is 19.2 Å². The van der Waals surface area contributed by atoms with Crippen LogP contribution in [0.2, 0.25) is 0 Å². The Morgan fingerprint density at radius 1 is 1.30 bits per heavy atom. The van der Waals surface area contributed by atoms with E-state index in [-0.39, 0.29) is 0 Å². The molecule has 1 rings (SSSR count). The molecule has 8 nitrogen and oxygen atoms in total. The highest BCUT2D eigenvalue weighted by Gasteiger charge is 2.55. The number of likely N-dealkylation sites (tertiary alicyclic amines) is 1. The van der Waals surface area contributed by atoms with Crippen molar-refractivity contribution in [3.8, 4) is 0 Å². The van der Waals surface area contributed by atoms with Crippen molar-refractivity contribution in [2.24, 2.45) is 5.92 Å². The molecule has 2 amide bonds. The fourth-order valence-electron chi connectivity index (χ4n) is 1.70. The molecule has 0 radical (unpaired) electrons. The summed E-state index contributed by atoms with van der Waals surface area (Å²) in [6, 6.07) is 0. The second kappa shape index (κ2) is 7.74. The van der Waals surface area contributed by atoms with Crippen molar-refractivity contribution < 1.29 is 33.4 Å². The lowest BCUT2D eigenvalue weighted by atomic mass is 9.92. The lowest BCUT2D eigenvalue weighted by Gasteiger charge is -2.43. The first kappa shape index (κ1) is 20.1. The average molecular weight is 411 g/mol. The number of imide groups is 1. The monoisotopic (exact) mass is 409 g/mol. The third kappa shape index (κ3) is 5.00. The predicted molar refractivity (Wildman–Crippen MR) is 79.2 cm³/mol. The molecule has 3 atom stereocenters. The Bertz CT molecular complexity index is 521. The molecule has 1 heterocycles. The summed E-state index contributed by atoms with van der Waals surface area (Å²) in [6.07, 6.45) is -2.21. The zero-order valence-electron chi connectivity index (χ0n) is 11.8. The van der Waals surface area contributed by atoms with Crippen LogP contribution in [-0.4, -0.2) is 58.0 Å². The van der Waals surface area contributed by atoms with Crippen LogP contribution < -0.4 is 0 Å². The average Bonchev–Trinajstić information content (AvgIpc) is 2.43. The SMILES string of the molecule is COC(=O)C(=O)N1C(=O)[C@@H]([C@H](C)OC(=O)OCC(Cl)(Cl)Cl)[C@@H]1Cl. The third-order valence-electron chi connectivity index (χ3n) is 2.79. The summed E-state index contributed by atoms with van der Waals surface area (Å²) in [5.74, 6) is -4.27. The predicted octanol–water partition coefficient (Wildman–Crippen LogP) is 1.62. The van der Waals surface area contributed by atoms with Gasteiger partial charge >= 0.3 is 18.0 Å². The van der Waals surface area contributed by atoms with Crippen molar-refractivity contribution in [1.29, 1.82) is 0 Å². The fraction of sp³-hybridized carbons (Fsp3) is 0.636. The largest absolute Gasteiger partial charge is 0.508 e. The molecule has 0 bridgehead atoms. The van der Waals surface area contributed by atoms with Crippen LogP contribution in [-0.2, 0) is 28.6 Å². The van der Waals surface area contributed by atoms with Crippen LogP contribution in [0.25, 0.3) is 0 Å². The van der Waals surface area contributed by atoms with Gasteiger partial charge in [-0.05, 0) is 6.92 Å². The van der Waals surface area contributed by atoms with Crippen LogP contribution in [0.1, 0.15) is 6.92 Å². The molecule has 1 aliphatic heterocycles. The summed E-state index contributed by atoms with van der Waals surface area (Å²) in [7, 11) is 0.984.